The van der Waals surface area contributed by atoms with Gasteiger partial charge in [-0.25, -0.2) is 4.79 Å². The number of aliphatic hydroxyl groups excluding tert-OH is 1. The van der Waals surface area contributed by atoms with Gasteiger partial charge in [0.25, 0.3) is 0 Å². The molecule has 1 aliphatic carbocycles. The van der Waals surface area contributed by atoms with Crippen LogP contribution in [0, 0.1) is 29.1 Å². The maximum Gasteiger partial charge on any atom is 0.330 e. The van der Waals surface area contributed by atoms with E-state index in [1.165, 1.54) is 32.4 Å². The van der Waals surface area contributed by atoms with Gasteiger partial charge in [0.15, 0.2) is 5.78 Å². The molecular weight excluding hydrogens is 456 g/mol. The van der Waals surface area contributed by atoms with E-state index in [2.05, 4.69) is 58.5 Å². The van der Waals surface area contributed by atoms with E-state index < -0.39 is 21.1 Å². The highest BCUT2D eigenvalue weighted by Gasteiger charge is 2.39. The third-order valence-corrected chi connectivity index (χ3v) is 7.55. The Kier molecular flexibility index (Phi) is 13.8. The number of rotatable bonds is 15. The average Bonchev–Trinajstić information content (AvgIpc) is 3.16. The number of ketones is 1. The fourth-order valence-electron chi connectivity index (χ4n) is 4.65. The zero-order valence-corrected chi connectivity index (χ0v) is 24.5. The number of unbranched alkanes of at least 4 members (excludes halogenated alkanes) is 2. The van der Waals surface area contributed by atoms with Crippen molar-refractivity contribution in [1.29, 1.82) is 0 Å². The summed E-state index contributed by atoms with van der Waals surface area (Å²) in [6, 6.07) is 0. The molecule has 0 fully saturated rings. The molecule has 0 aromatic rings. The normalized spacial score (nSPS) is 21.5. The maximum atomic E-state index is 12.8. The third-order valence-electron chi connectivity index (χ3n) is 6.81. The third kappa shape index (κ3) is 11.3. The van der Waals surface area contributed by atoms with Gasteiger partial charge in [-0.3, -0.25) is 4.79 Å². The molecule has 35 heavy (non-hydrogen) atoms. The van der Waals surface area contributed by atoms with Crippen molar-refractivity contribution in [2.75, 3.05) is 7.11 Å². The van der Waals surface area contributed by atoms with Crippen molar-refractivity contribution in [3.05, 3.63) is 36.1 Å². The number of hydrogen-bond donors (Lipinski definition) is 1. The molecule has 0 heterocycles. The van der Waals surface area contributed by atoms with Gasteiger partial charge in [-0.15, -0.1) is 0 Å². The molecular formula is C29H50O5Si. The van der Waals surface area contributed by atoms with Gasteiger partial charge >= 0.3 is 5.97 Å². The van der Waals surface area contributed by atoms with Gasteiger partial charge in [0.2, 0.25) is 9.04 Å². The van der Waals surface area contributed by atoms with Gasteiger partial charge in [-0.05, 0) is 68.2 Å². The van der Waals surface area contributed by atoms with Crippen LogP contribution in [0.2, 0.25) is 13.1 Å². The van der Waals surface area contributed by atoms with E-state index in [9.17, 15) is 14.7 Å². The molecule has 0 saturated heterocycles. The molecule has 0 saturated carbocycles. The fraction of sp³-hybridized carbons (Fsp3) is 0.724. The van der Waals surface area contributed by atoms with Crippen molar-refractivity contribution < 1.29 is 23.9 Å². The van der Waals surface area contributed by atoms with E-state index in [0.717, 1.165) is 12.2 Å². The Balaban J connectivity index is 3.08. The summed E-state index contributed by atoms with van der Waals surface area (Å²) < 4.78 is 11.1. The first kappa shape index (κ1) is 31.4. The Bertz CT molecular complexity index is 747. The molecule has 1 aliphatic rings. The van der Waals surface area contributed by atoms with Crippen LogP contribution in [0.25, 0.3) is 0 Å². The molecule has 0 bridgehead atoms. The number of allylic oxidation sites excluding steroid dienone is 4. The van der Waals surface area contributed by atoms with Crippen LogP contribution in [-0.2, 0) is 18.8 Å². The minimum atomic E-state index is -1.42. The van der Waals surface area contributed by atoms with Crippen LogP contribution in [0.15, 0.2) is 36.1 Å². The van der Waals surface area contributed by atoms with Crippen LogP contribution in [-0.4, -0.2) is 39.1 Å². The van der Waals surface area contributed by atoms with E-state index in [1.54, 1.807) is 12.2 Å². The Morgan fingerprint density at radius 1 is 1.23 bits per heavy atom. The smallest absolute Gasteiger partial charge is 0.330 e. The van der Waals surface area contributed by atoms with Crippen molar-refractivity contribution in [3.8, 4) is 0 Å². The number of esters is 1. The molecule has 1 N–H and O–H groups in total. The second-order valence-electron chi connectivity index (χ2n) is 11.4. The molecule has 6 heteroatoms. The SMILES string of the molecule is CCCCC(C)CC(C=C(O[SiH](C)C)C1C=CC(=O)C1C(O)CCCC=CC(=O)OC)C(C)(C)C. The first-order valence-electron chi connectivity index (χ1n) is 13.4. The summed E-state index contributed by atoms with van der Waals surface area (Å²) in [5.41, 5.74) is 0.0695. The summed E-state index contributed by atoms with van der Waals surface area (Å²) in [4.78, 5) is 24.0. The number of aliphatic hydroxyl groups is 1. The molecule has 0 aromatic carbocycles. The predicted octanol–water partition coefficient (Wildman–Crippen LogP) is 6.38. The summed E-state index contributed by atoms with van der Waals surface area (Å²) in [5.74, 6) is 0.645. The number of carbonyl (C=O) groups is 2. The van der Waals surface area contributed by atoms with Crippen LogP contribution < -0.4 is 0 Å². The number of carbonyl (C=O) groups excluding carboxylic acids is 2. The van der Waals surface area contributed by atoms with Gasteiger partial charge in [-0.2, -0.15) is 0 Å². The summed E-state index contributed by atoms with van der Waals surface area (Å²) >= 11 is 0. The van der Waals surface area contributed by atoms with E-state index in [0.29, 0.717) is 31.1 Å². The van der Waals surface area contributed by atoms with E-state index >= 15 is 0 Å². The summed E-state index contributed by atoms with van der Waals surface area (Å²) in [5, 5.41) is 11.0. The lowest BCUT2D eigenvalue weighted by Gasteiger charge is -2.34. The fourth-order valence-corrected chi connectivity index (χ4v) is 5.43. The Morgan fingerprint density at radius 2 is 1.91 bits per heavy atom. The molecule has 0 aliphatic heterocycles. The first-order valence-corrected chi connectivity index (χ1v) is 16.2. The maximum absolute atomic E-state index is 12.8. The van der Waals surface area contributed by atoms with Gasteiger partial charge in [0.1, 0.15) is 0 Å². The molecule has 0 radical (unpaired) electrons. The van der Waals surface area contributed by atoms with Crippen LogP contribution in [0.1, 0.15) is 79.6 Å². The molecule has 5 unspecified atom stereocenters. The van der Waals surface area contributed by atoms with Gasteiger partial charge < -0.3 is 14.3 Å². The molecule has 1 rings (SSSR count). The Labute approximate surface area is 215 Å². The molecule has 0 amide bonds. The van der Waals surface area contributed by atoms with Crippen LogP contribution in [0.4, 0.5) is 0 Å². The quantitative estimate of drug-likeness (QED) is 0.0917. The Hall–Kier alpha value is -1.66. The number of hydrogen-bond acceptors (Lipinski definition) is 5. The van der Waals surface area contributed by atoms with Crippen molar-refractivity contribution in [3.63, 3.8) is 0 Å². The number of ether oxygens (including phenoxy) is 1. The van der Waals surface area contributed by atoms with Crippen molar-refractivity contribution in [1.82, 2.24) is 0 Å². The second-order valence-corrected chi connectivity index (χ2v) is 13.8. The zero-order chi connectivity index (χ0) is 26.6. The van der Waals surface area contributed by atoms with Crippen LogP contribution >= 0.6 is 0 Å². The number of methoxy groups -OCH3 is 1. The lowest BCUT2D eigenvalue weighted by molar-refractivity contribution is -0.134. The highest BCUT2D eigenvalue weighted by molar-refractivity contribution is 6.48. The second kappa shape index (κ2) is 15.4. The van der Waals surface area contributed by atoms with Gasteiger partial charge in [0.05, 0.1) is 24.9 Å². The highest BCUT2D eigenvalue weighted by Crippen LogP contribution is 2.39. The summed E-state index contributed by atoms with van der Waals surface area (Å²) in [6.45, 7) is 15.7. The molecule has 0 aromatic heterocycles. The molecule has 5 atom stereocenters. The van der Waals surface area contributed by atoms with E-state index in [1.807, 2.05) is 6.08 Å². The monoisotopic (exact) mass is 506 g/mol. The van der Waals surface area contributed by atoms with E-state index in [4.69, 9.17) is 4.43 Å². The van der Waals surface area contributed by atoms with Crippen LogP contribution in [0.3, 0.4) is 0 Å². The highest BCUT2D eigenvalue weighted by atomic mass is 28.3. The Morgan fingerprint density at radius 3 is 2.49 bits per heavy atom. The molecule has 5 nitrogen and oxygen atoms in total. The standard InChI is InChI=1S/C29H50O5Si/c1-9-10-14-21(2)19-22(29(3,4)5)20-26(34-35(7)8)23-17-18-25(31)28(23)24(30)15-12-11-13-16-27(32)33-6/h13,16-18,20-24,28,30,35H,9-12,14-15,19H2,1-8H3. The first-order chi connectivity index (χ1) is 16.4. The lowest BCUT2D eigenvalue weighted by atomic mass is 9.74. The summed E-state index contributed by atoms with van der Waals surface area (Å²) in [7, 11) is -0.0775. The van der Waals surface area contributed by atoms with Crippen molar-refractivity contribution in [2.45, 2.75) is 98.8 Å². The van der Waals surface area contributed by atoms with Gasteiger partial charge in [-0.1, -0.05) is 66.0 Å². The zero-order valence-electron chi connectivity index (χ0n) is 23.4. The van der Waals surface area contributed by atoms with Crippen molar-refractivity contribution in [2.24, 2.45) is 29.1 Å². The molecule has 0 spiro atoms. The van der Waals surface area contributed by atoms with Gasteiger partial charge in [0, 0.05) is 12.0 Å². The molecule has 200 valence electrons. The average molecular weight is 507 g/mol. The topological polar surface area (TPSA) is 72.8 Å². The summed E-state index contributed by atoms with van der Waals surface area (Å²) in [6.07, 6.45) is 14.8. The van der Waals surface area contributed by atoms with E-state index in [-0.39, 0.29) is 23.1 Å². The van der Waals surface area contributed by atoms with Crippen molar-refractivity contribution >= 4 is 20.8 Å². The lowest BCUT2D eigenvalue weighted by Crippen LogP contribution is -2.33. The minimum absolute atomic E-state index is 0.0313. The van der Waals surface area contributed by atoms with Crippen LogP contribution in [0.5, 0.6) is 0 Å². The predicted molar refractivity (Wildman–Crippen MR) is 146 cm³/mol. The minimum Gasteiger partial charge on any atom is -0.550 e. The largest absolute Gasteiger partial charge is 0.550 e.